The van der Waals surface area contributed by atoms with E-state index in [-0.39, 0.29) is 6.04 Å². The second-order valence-corrected chi connectivity index (χ2v) is 5.58. The van der Waals surface area contributed by atoms with Crippen molar-refractivity contribution in [2.75, 3.05) is 5.32 Å². The molecule has 17 heavy (non-hydrogen) atoms. The number of nitrogens with one attached hydrogen (secondary N) is 1. The van der Waals surface area contributed by atoms with Crippen LogP contribution < -0.4 is 5.32 Å². The molecule has 2 heterocycles. The number of hydrogen-bond acceptors (Lipinski definition) is 3. The van der Waals surface area contributed by atoms with E-state index in [1.165, 1.54) is 0 Å². The molecule has 0 aliphatic heterocycles. The van der Waals surface area contributed by atoms with Crippen LogP contribution in [0.3, 0.4) is 0 Å². The van der Waals surface area contributed by atoms with Crippen molar-refractivity contribution in [1.29, 1.82) is 0 Å². The maximum absolute atomic E-state index is 5.31. The molecule has 0 fully saturated rings. The molecule has 3 nitrogen and oxygen atoms in total. The van der Waals surface area contributed by atoms with Crippen molar-refractivity contribution in [1.82, 2.24) is 4.98 Å². The summed E-state index contributed by atoms with van der Waals surface area (Å²) in [7, 11) is 0. The van der Waals surface area contributed by atoms with Crippen molar-refractivity contribution in [3.8, 4) is 0 Å². The van der Waals surface area contributed by atoms with Crippen LogP contribution in [0, 0.1) is 0 Å². The number of anilines is 1. The molecule has 0 radical (unpaired) electrons. The number of hydrogen-bond donors (Lipinski definition) is 1. The van der Waals surface area contributed by atoms with Crippen molar-refractivity contribution in [3.05, 3.63) is 45.4 Å². The Labute approximate surface area is 117 Å². The highest BCUT2D eigenvalue weighted by molar-refractivity contribution is 9.11. The highest BCUT2D eigenvalue weighted by Gasteiger charge is 2.08. The van der Waals surface area contributed by atoms with Crippen LogP contribution in [0.15, 0.2) is 44.0 Å². The summed E-state index contributed by atoms with van der Waals surface area (Å²) in [5.41, 5.74) is 0. The summed E-state index contributed by atoms with van der Waals surface area (Å²) in [4.78, 5) is 4.31. The molecule has 1 atom stereocenters. The monoisotopic (exact) mass is 358 g/mol. The molecular weight excluding hydrogens is 348 g/mol. The zero-order valence-electron chi connectivity index (χ0n) is 9.28. The molecule has 1 unspecified atom stereocenters. The first-order valence-electron chi connectivity index (χ1n) is 5.25. The van der Waals surface area contributed by atoms with Crippen LogP contribution in [-0.2, 0) is 6.42 Å². The molecule has 90 valence electrons. The third-order valence-electron chi connectivity index (χ3n) is 2.28. The van der Waals surface area contributed by atoms with Gasteiger partial charge in [0.1, 0.15) is 11.6 Å². The fourth-order valence-corrected chi connectivity index (χ4v) is 2.64. The average molecular weight is 360 g/mol. The molecule has 0 spiro atoms. The minimum atomic E-state index is 0.256. The van der Waals surface area contributed by atoms with Crippen LogP contribution in [0.4, 0.5) is 5.82 Å². The van der Waals surface area contributed by atoms with Gasteiger partial charge in [0.05, 0.1) is 10.7 Å². The Morgan fingerprint density at radius 2 is 2.29 bits per heavy atom. The molecular formula is C12H12Br2N2O. The summed E-state index contributed by atoms with van der Waals surface area (Å²) < 4.78 is 7.21. The highest BCUT2D eigenvalue weighted by atomic mass is 79.9. The number of halogens is 2. The third kappa shape index (κ3) is 3.57. The molecule has 0 bridgehead atoms. The number of pyridine rings is 1. The Balaban J connectivity index is 2.00. The summed E-state index contributed by atoms with van der Waals surface area (Å²) >= 11 is 6.85. The van der Waals surface area contributed by atoms with Gasteiger partial charge in [-0.1, -0.05) is 0 Å². The van der Waals surface area contributed by atoms with E-state index >= 15 is 0 Å². The van der Waals surface area contributed by atoms with E-state index in [4.69, 9.17) is 4.42 Å². The van der Waals surface area contributed by atoms with Crippen LogP contribution in [0.25, 0.3) is 0 Å². The molecule has 0 amide bonds. The number of furan rings is 1. The predicted molar refractivity (Wildman–Crippen MR) is 75.1 cm³/mol. The van der Waals surface area contributed by atoms with E-state index in [0.717, 1.165) is 26.9 Å². The fraction of sp³-hybridized carbons (Fsp3) is 0.250. The van der Waals surface area contributed by atoms with Gasteiger partial charge >= 0.3 is 0 Å². The summed E-state index contributed by atoms with van der Waals surface area (Å²) in [6.07, 6.45) is 4.29. The maximum Gasteiger partial charge on any atom is 0.140 e. The van der Waals surface area contributed by atoms with Gasteiger partial charge in [-0.2, -0.15) is 0 Å². The molecule has 0 saturated heterocycles. The minimum Gasteiger partial charge on any atom is -0.469 e. The van der Waals surface area contributed by atoms with Crippen LogP contribution in [-0.4, -0.2) is 11.0 Å². The SMILES string of the molecule is CC(Cc1ccco1)Nc1ncc(Br)cc1Br. The normalized spacial score (nSPS) is 12.4. The molecule has 1 N–H and O–H groups in total. The smallest absolute Gasteiger partial charge is 0.140 e. The number of aromatic nitrogens is 1. The zero-order chi connectivity index (χ0) is 12.3. The van der Waals surface area contributed by atoms with E-state index in [9.17, 15) is 0 Å². The Morgan fingerprint density at radius 1 is 1.47 bits per heavy atom. The largest absolute Gasteiger partial charge is 0.469 e. The lowest BCUT2D eigenvalue weighted by Crippen LogP contribution is -2.18. The highest BCUT2D eigenvalue weighted by Crippen LogP contribution is 2.24. The van der Waals surface area contributed by atoms with Crippen molar-refractivity contribution in [2.45, 2.75) is 19.4 Å². The summed E-state index contributed by atoms with van der Waals surface area (Å²) in [6.45, 7) is 2.10. The van der Waals surface area contributed by atoms with Gasteiger partial charge in [-0.05, 0) is 57.0 Å². The van der Waals surface area contributed by atoms with Gasteiger partial charge in [0.2, 0.25) is 0 Å². The van der Waals surface area contributed by atoms with Crippen LogP contribution in [0.5, 0.6) is 0 Å². The van der Waals surface area contributed by atoms with Gasteiger partial charge in [0.15, 0.2) is 0 Å². The number of rotatable bonds is 4. The Morgan fingerprint density at radius 3 is 2.94 bits per heavy atom. The molecule has 0 aliphatic carbocycles. The fourth-order valence-electron chi connectivity index (χ4n) is 1.54. The molecule has 2 aromatic heterocycles. The first-order valence-corrected chi connectivity index (χ1v) is 6.83. The summed E-state index contributed by atoms with van der Waals surface area (Å²) in [6, 6.07) is 6.10. The zero-order valence-corrected chi connectivity index (χ0v) is 12.5. The minimum absolute atomic E-state index is 0.256. The van der Waals surface area contributed by atoms with Crippen LogP contribution in [0.1, 0.15) is 12.7 Å². The van der Waals surface area contributed by atoms with E-state index in [0.29, 0.717) is 0 Å². The lowest BCUT2D eigenvalue weighted by molar-refractivity contribution is 0.497. The molecule has 5 heteroatoms. The van der Waals surface area contributed by atoms with E-state index in [2.05, 4.69) is 49.1 Å². The van der Waals surface area contributed by atoms with Crippen LogP contribution >= 0.6 is 31.9 Å². The third-order valence-corrected chi connectivity index (χ3v) is 3.32. The van der Waals surface area contributed by atoms with Crippen molar-refractivity contribution in [2.24, 2.45) is 0 Å². The van der Waals surface area contributed by atoms with Gasteiger partial charge in [-0.15, -0.1) is 0 Å². The standard InChI is InChI=1S/C12H12Br2N2O/c1-8(5-10-3-2-4-17-10)16-12-11(14)6-9(13)7-15-12/h2-4,6-8H,5H2,1H3,(H,15,16). The average Bonchev–Trinajstić information content (AvgIpc) is 2.75. The molecule has 0 aromatic carbocycles. The molecule has 0 saturated carbocycles. The number of nitrogens with zero attached hydrogens (tertiary/aromatic N) is 1. The summed E-state index contributed by atoms with van der Waals surface area (Å²) in [5.74, 6) is 1.81. The Hall–Kier alpha value is -0.810. The van der Waals surface area contributed by atoms with Gasteiger partial charge < -0.3 is 9.73 Å². The van der Waals surface area contributed by atoms with Crippen molar-refractivity contribution >= 4 is 37.7 Å². The second-order valence-electron chi connectivity index (χ2n) is 3.81. The lowest BCUT2D eigenvalue weighted by atomic mass is 10.2. The Kier molecular flexibility index (Phi) is 4.23. The van der Waals surface area contributed by atoms with Crippen LogP contribution in [0.2, 0.25) is 0 Å². The molecule has 0 aliphatic rings. The maximum atomic E-state index is 5.31. The first kappa shape index (κ1) is 12.6. The lowest BCUT2D eigenvalue weighted by Gasteiger charge is -2.14. The first-order chi connectivity index (χ1) is 8.15. The van der Waals surface area contributed by atoms with E-state index in [1.807, 2.05) is 18.2 Å². The van der Waals surface area contributed by atoms with Gasteiger partial charge in [0.25, 0.3) is 0 Å². The van der Waals surface area contributed by atoms with E-state index in [1.54, 1.807) is 12.5 Å². The van der Waals surface area contributed by atoms with Crippen molar-refractivity contribution < 1.29 is 4.42 Å². The molecule has 2 aromatic rings. The van der Waals surface area contributed by atoms with Gasteiger partial charge in [-0.3, -0.25) is 0 Å². The molecule has 2 rings (SSSR count). The van der Waals surface area contributed by atoms with Gasteiger partial charge in [0, 0.05) is 23.1 Å². The summed E-state index contributed by atoms with van der Waals surface area (Å²) in [5, 5.41) is 3.34. The predicted octanol–water partition coefficient (Wildman–Crippen LogP) is 4.24. The van der Waals surface area contributed by atoms with E-state index < -0.39 is 0 Å². The topological polar surface area (TPSA) is 38.1 Å². The van der Waals surface area contributed by atoms with Gasteiger partial charge in [-0.25, -0.2) is 4.98 Å². The quantitative estimate of drug-likeness (QED) is 0.887. The van der Waals surface area contributed by atoms with Crippen molar-refractivity contribution in [3.63, 3.8) is 0 Å². The second kappa shape index (κ2) is 5.69. The Bertz CT molecular complexity index is 485.